The average molecular weight is 228 g/mol. The summed E-state index contributed by atoms with van der Waals surface area (Å²) >= 11 is 0. The lowest BCUT2D eigenvalue weighted by atomic mass is 10.2. The van der Waals surface area contributed by atoms with Crippen molar-refractivity contribution in [2.24, 2.45) is 0 Å². The second-order valence-corrected chi connectivity index (χ2v) is 3.45. The van der Waals surface area contributed by atoms with Gasteiger partial charge in [0.25, 0.3) is 0 Å². The molecule has 0 spiro atoms. The van der Waals surface area contributed by atoms with E-state index >= 15 is 0 Å². The molecule has 17 heavy (non-hydrogen) atoms. The Morgan fingerprint density at radius 2 is 2.06 bits per heavy atom. The molecule has 0 saturated carbocycles. The number of allylic oxidation sites excluding steroid dienone is 1. The van der Waals surface area contributed by atoms with Crippen LogP contribution >= 0.6 is 0 Å². The van der Waals surface area contributed by atoms with E-state index in [0.717, 1.165) is 0 Å². The van der Waals surface area contributed by atoms with Crippen molar-refractivity contribution < 1.29 is 4.79 Å². The van der Waals surface area contributed by atoms with Gasteiger partial charge in [-0.05, 0) is 12.1 Å². The second-order valence-electron chi connectivity index (χ2n) is 3.45. The molecule has 0 unspecified atom stereocenters. The quantitative estimate of drug-likeness (QED) is 0.408. The van der Waals surface area contributed by atoms with Crippen LogP contribution in [-0.2, 0) is 0 Å². The molecule has 0 aliphatic heterocycles. The van der Waals surface area contributed by atoms with Gasteiger partial charge < -0.3 is 4.90 Å². The van der Waals surface area contributed by atoms with Crippen LogP contribution in [-0.4, -0.2) is 28.8 Å². The van der Waals surface area contributed by atoms with Gasteiger partial charge in [0, 0.05) is 43.3 Å². The minimum Gasteiger partial charge on any atom is -0.370 e. The summed E-state index contributed by atoms with van der Waals surface area (Å²) in [5.41, 5.74) is 0.584. The molecule has 1 aromatic rings. The first-order valence-electron chi connectivity index (χ1n) is 5.36. The predicted octanol–water partition coefficient (Wildman–Crippen LogP) is 2.45. The number of ketones is 1. The van der Waals surface area contributed by atoms with Crippen molar-refractivity contribution in [1.82, 2.24) is 9.88 Å². The Morgan fingerprint density at radius 3 is 2.59 bits per heavy atom. The molecule has 0 saturated heterocycles. The zero-order chi connectivity index (χ0) is 12.5. The fourth-order valence-corrected chi connectivity index (χ4v) is 1.31. The third kappa shape index (κ3) is 4.47. The molecule has 0 aliphatic rings. The van der Waals surface area contributed by atoms with Crippen LogP contribution in [0.3, 0.4) is 0 Å². The van der Waals surface area contributed by atoms with Crippen molar-refractivity contribution in [3.8, 4) is 0 Å². The summed E-state index contributed by atoms with van der Waals surface area (Å²) in [6.07, 6.45) is 10.0. The number of nitrogens with zero attached hydrogens (tertiary/aromatic N) is 2. The fourth-order valence-electron chi connectivity index (χ4n) is 1.31. The van der Waals surface area contributed by atoms with E-state index in [0.29, 0.717) is 18.7 Å². The molecule has 1 aromatic heterocycles. The first-order chi connectivity index (χ1) is 8.27. The minimum absolute atomic E-state index is 0.0591. The van der Waals surface area contributed by atoms with Gasteiger partial charge in [0.15, 0.2) is 5.78 Å². The van der Waals surface area contributed by atoms with E-state index < -0.39 is 0 Å². The van der Waals surface area contributed by atoms with Gasteiger partial charge in [0.1, 0.15) is 0 Å². The molecule has 88 valence electrons. The SMILES string of the molecule is C=CCN(/C=C/C(=O)c1cccnc1)CC=C. The summed E-state index contributed by atoms with van der Waals surface area (Å²) < 4.78 is 0. The highest BCUT2D eigenvalue weighted by Gasteiger charge is 2.01. The third-order valence-corrected chi connectivity index (χ3v) is 2.11. The largest absolute Gasteiger partial charge is 0.370 e. The molecule has 0 radical (unpaired) electrons. The third-order valence-electron chi connectivity index (χ3n) is 2.11. The highest BCUT2D eigenvalue weighted by Crippen LogP contribution is 2.00. The number of pyridine rings is 1. The maximum atomic E-state index is 11.8. The summed E-state index contributed by atoms with van der Waals surface area (Å²) in [4.78, 5) is 17.6. The van der Waals surface area contributed by atoms with Gasteiger partial charge in [-0.15, -0.1) is 13.2 Å². The van der Waals surface area contributed by atoms with Gasteiger partial charge >= 0.3 is 0 Å². The Balaban J connectivity index is 2.65. The number of aromatic nitrogens is 1. The second kappa shape index (κ2) is 7.17. The van der Waals surface area contributed by atoms with Crippen LogP contribution in [0.2, 0.25) is 0 Å². The van der Waals surface area contributed by atoms with E-state index in [2.05, 4.69) is 18.1 Å². The van der Waals surface area contributed by atoms with Crippen LogP contribution in [0.1, 0.15) is 10.4 Å². The zero-order valence-corrected chi connectivity index (χ0v) is 9.75. The molecule has 0 amide bonds. The lowest BCUT2D eigenvalue weighted by molar-refractivity contribution is 0.104. The van der Waals surface area contributed by atoms with Crippen LogP contribution in [0.15, 0.2) is 62.1 Å². The Bertz CT molecular complexity index is 399. The molecule has 0 fully saturated rings. The van der Waals surface area contributed by atoms with E-state index in [1.54, 1.807) is 42.9 Å². The molecule has 0 aliphatic carbocycles. The number of rotatable bonds is 7. The van der Waals surface area contributed by atoms with Gasteiger partial charge in [-0.3, -0.25) is 9.78 Å². The molecule has 0 aromatic carbocycles. The van der Waals surface area contributed by atoms with Crippen LogP contribution < -0.4 is 0 Å². The Labute approximate surface area is 102 Å². The zero-order valence-electron chi connectivity index (χ0n) is 9.75. The first-order valence-corrected chi connectivity index (χ1v) is 5.36. The smallest absolute Gasteiger partial charge is 0.188 e. The van der Waals surface area contributed by atoms with E-state index in [4.69, 9.17) is 0 Å². The normalized spacial score (nSPS) is 10.1. The summed E-state index contributed by atoms with van der Waals surface area (Å²) in [6.45, 7) is 8.69. The highest BCUT2D eigenvalue weighted by atomic mass is 16.1. The Hall–Kier alpha value is -2.16. The molecule has 0 bridgehead atoms. The summed E-state index contributed by atoms with van der Waals surface area (Å²) in [5.74, 6) is -0.0591. The number of carbonyl (C=O) groups is 1. The van der Waals surface area contributed by atoms with Gasteiger partial charge in [-0.1, -0.05) is 12.2 Å². The average Bonchev–Trinajstić information content (AvgIpc) is 2.37. The summed E-state index contributed by atoms with van der Waals surface area (Å²) in [5, 5.41) is 0. The highest BCUT2D eigenvalue weighted by molar-refractivity contribution is 6.04. The van der Waals surface area contributed by atoms with Gasteiger partial charge in [0.05, 0.1) is 0 Å². The van der Waals surface area contributed by atoms with Crippen molar-refractivity contribution >= 4 is 5.78 Å². The van der Waals surface area contributed by atoms with Crippen molar-refractivity contribution in [2.45, 2.75) is 0 Å². The molecular formula is C14H16N2O. The molecule has 3 heteroatoms. The van der Waals surface area contributed by atoms with Crippen LogP contribution in [0.4, 0.5) is 0 Å². The van der Waals surface area contributed by atoms with Crippen LogP contribution in [0.25, 0.3) is 0 Å². The van der Waals surface area contributed by atoms with E-state index in [1.807, 2.05) is 4.90 Å². The maximum absolute atomic E-state index is 11.8. The van der Waals surface area contributed by atoms with Crippen molar-refractivity contribution in [3.63, 3.8) is 0 Å². The fraction of sp³-hybridized carbons (Fsp3) is 0.143. The van der Waals surface area contributed by atoms with Crippen LogP contribution in [0, 0.1) is 0 Å². The van der Waals surface area contributed by atoms with Gasteiger partial charge in [-0.2, -0.15) is 0 Å². The minimum atomic E-state index is -0.0591. The van der Waals surface area contributed by atoms with E-state index in [-0.39, 0.29) is 5.78 Å². The lowest BCUT2D eigenvalue weighted by Gasteiger charge is -2.15. The number of hydrogen-bond acceptors (Lipinski definition) is 3. The summed E-state index contributed by atoms with van der Waals surface area (Å²) in [6, 6.07) is 3.48. The summed E-state index contributed by atoms with van der Waals surface area (Å²) in [7, 11) is 0. The van der Waals surface area contributed by atoms with Crippen molar-refractivity contribution in [3.05, 3.63) is 67.7 Å². The Morgan fingerprint density at radius 1 is 1.35 bits per heavy atom. The van der Waals surface area contributed by atoms with Crippen LogP contribution in [0.5, 0.6) is 0 Å². The molecule has 1 rings (SSSR count). The first kappa shape index (κ1) is 12.9. The standard InChI is InChI=1S/C14H16N2O/c1-3-9-16(10-4-2)11-7-14(17)13-6-5-8-15-12-13/h3-8,11-12H,1-2,9-10H2/b11-7+. The topological polar surface area (TPSA) is 33.2 Å². The maximum Gasteiger partial charge on any atom is 0.188 e. The lowest BCUT2D eigenvalue weighted by Crippen LogP contribution is -2.17. The Kier molecular flexibility index (Phi) is 5.44. The van der Waals surface area contributed by atoms with E-state index in [9.17, 15) is 4.79 Å². The monoisotopic (exact) mass is 228 g/mol. The molecule has 3 nitrogen and oxygen atoms in total. The van der Waals surface area contributed by atoms with Gasteiger partial charge in [0.2, 0.25) is 0 Å². The number of carbonyl (C=O) groups excluding carboxylic acids is 1. The van der Waals surface area contributed by atoms with Crippen molar-refractivity contribution in [1.29, 1.82) is 0 Å². The molecular weight excluding hydrogens is 212 g/mol. The van der Waals surface area contributed by atoms with Gasteiger partial charge in [-0.25, -0.2) is 0 Å². The molecule has 0 atom stereocenters. The van der Waals surface area contributed by atoms with E-state index in [1.165, 1.54) is 6.08 Å². The molecule has 0 N–H and O–H groups in total. The number of hydrogen-bond donors (Lipinski definition) is 0. The van der Waals surface area contributed by atoms with Crippen molar-refractivity contribution in [2.75, 3.05) is 13.1 Å². The molecule has 1 heterocycles. The predicted molar refractivity (Wildman–Crippen MR) is 69.7 cm³/mol.